The number of nitrogens with zero attached hydrogens (tertiary/aromatic N) is 2. The summed E-state index contributed by atoms with van der Waals surface area (Å²) in [6, 6.07) is 6.18. The van der Waals surface area contributed by atoms with Gasteiger partial charge < -0.3 is 10.6 Å². The third kappa shape index (κ3) is 4.66. The fourth-order valence-electron chi connectivity index (χ4n) is 3.31. The van der Waals surface area contributed by atoms with Crippen LogP contribution >= 0.6 is 0 Å². The lowest BCUT2D eigenvalue weighted by molar-refractivity contribution is -0.143. The minimum atomic E-state index is -4.23. The molecule has 3 rings (SSSR count). The van der Waals surface area contributed by atoms with E-state index in [1.165, 1.54) is 4.90 Å². The Labute approximate surface area is 149 Å². The molecule has 26 heavy (non-hydrogen) atoms. The Morgan fingerprint density at radius 1 is 1.31 bits per heavy atom. The van der Waals surface area contributed by atoms with Crippen molar-refractivity contribution < 1.29 is 22.8 Å². The lowest BCUT2D eigenvalue weighted by Gasteiger charge is -2.27. The number of carbonyl (C=O) groups is 2. The molecular formula is C17H21F3N4O2. The smallest absolute Gasteiger partial charge is 0.348 e. The molecule has 0 saturated carbocycles. The standard InChI is InChI=1S/C17H21F3N4O2/c18-17(19,20)11-23-8-5-13(10-23)22-15(25)12-3-1-4-14(9-12)24-7-2-6-21-16(24)26/h1,3-4,9,13H,2,5-8,10-11H2,(H,21,26)(H,22,25)/t13-/m1/s1. The van der Waals surface area contributed by atoms with Gasteiger partial charge in [-0.05, 0) is 31.0 Å². The number of amides is 3. The van der Waals surface area contributed by atoms with Crippen molar-refractivity contribution in [3.63, 3.8) is 0 Å². The highest BCUT2D eigenvalue weighted by atomic mass is 19.4. The van der Waals surface area contributed by atoms with Crippen molar-refractivity contribution in [3.05, 3.63) is 29.8 Å². The highest BCUT2D eigenvalue weighted by molar-refractivity contribution is 5.98. The van der Waals surface area contributed by atoms with Crippen LogP contribution in [0.3, 0.4) is 0 Å². The van der Waals surface area contributed by atoms with E-state index in [1.807, 2.05) is 0 Å². The maximum Gasteiger partial charge on any atom is 0.401 e. The number of hydrogen-bond acceptors (Lipinski definition) is 3. The van der Waals surface area contributed by atoms with Gasteiger partial charge in [-0.3, -0.25) is 14.6 Å². The number of nitrogens with one attached hydrogen (secondary N) is 2. The summed E-state index contributed by atoms with van der Waals surface area (Å²) in [5.74, 6) is -0.344. The lowest BCUT2D eigenvalue weighted by Crippen LogP contribution is -2.46. The Morgan fingerprint density at radius 3 is 2.85 bits per heavy atom. The molecule has 1 atom stereocenters. The SMILES string of the molecule is O=C(N[C@@H]1CCN(CC(F)(F)F)C1)c1cccc(N2CCCNC2=O)c1. The first-order chi connectivity index (χ1) is 12.3. The average Bonchev–Trinajstić information content (AvgIpc) is 3.00. The van der Waals surface area contributed by atoms with Gasteiger partial charge in [0.2, 0.25) is 0 Å². The van der Waals surface area contributed by atoms with Crippen LogP contribution in [-0.4, -0.2) is 61.8 Å². The Bertz CT molecular complexity index is 680. The van der Waals surface area contributed by atoms with E-state index in [-0.39, 0.29) is 24.5 Å². The van der Waals surface area contributed by atoms with E-state index >= 15 is 0 Å². The van der Waals surface area contributed by atoms with Crippen LogP contribution in [0.15, 0.2) is 24.3 Å². The fourth-order valence-corrected chi connectivity index (χ4v) is 3.31. The molecule has 0 spiro atoms. The van der Waals surface area contributed by atoms with E-state index in [2.05, 4.69) is 10.6 Å². The monoisotopic (exact) mass is 370 g/mol. The van der Waals surface area contributed by atoms with Gasteiger partial charge in [0, 0.05) is 43.5 Å². The van der Waals surface area contributed by atoms with Crippen molar-refractivity contribution in [2.75, 3.05) is 37.6 Å². The number of anilines is 1. The molecule has 0 aliphatic carbocycles. The topological polar surface area (TPSA) is 64.7 Å². The first-order valence-electron chi connectivity index (χ1n) is 8.57. The van der Waals surface area contributed by atoms with Gasteiger partial charge in [-0.2, -0.15) is 13.2 Å². The Kier molecular flexibility index (Phi) is 5.36. The molecule has 2 aliphatic rings. The summed E-state index contributed by atoms with van der Waals surface area (Å²) in [5, 5.41) is 5.54. The number of urea groups is 1. The zero-order valence-corrected chi connectivity index (χ0v) is 14.2. The fraction of sp³-hybridized carbons (Fsp3) is 0.529. The molecule has 2 saturated heterocycles. The molecule has 2 fully saturated rings. The molecule has 2 heterocycles. The van der Waals surface area contributed by atoms with Crippen molar-refractivity contribution in [2.45, 2.75) is 25.1 Å². The third-order valence-electron chi connectivity index (χ3n) is 4.51. The highest BCUT2D eigenvalue weighted by Crippen LogP contribution is 2.21. The summed E-state index contributed by atoms with van der Waals surface area (Å²) in [7, 11) is 0. The summed E-state index contributed by atoms with van der Waals surface area (Å²) in [4.78, 5) is 27.2. The van der Waals surface area contributed by atoms with E-state index in [0.717, 1.165) is 6.42 Å². The maximum absolute atomic E-state index is 12.4. The van der Waals surface area contributed by atoms with Gasteiger partial charge >= 0.3 is 12.2 Å². The normalized spacial score (nSPS) is 21.6. The van der Waals surface area contributed by atoms with Gasteiger partial charge in [-0.15, -0.1) is 0 Å². The van der Waals surface area contributed by atoms with Gasteiger partial charge in [0.15, 0.2) is 0 Å². The zero-order chi connectivity index (χ0) is 18.7. The van der Waals surface area contributed by atoms with Crippen LogP contribution in [0, 0.1) is 0 Å². The van der Waals surface area contributed by atoms with E-state index in [4.69, 9.17) is 0 Å². The van der Waals surface area contributed by atoms with Crippen LogP contribution in [0.25, 0.3) is 0 Å². The second-order valence-corrected chi connectivity index (χ2v) is 6.60. The van der Waals surface area contributed by atoms with E-state index in [1.54, 1.807) is 29.2 Å². The lowest BCUT2D eigenvalue weighted by atomic mass is 10.1. The van der Waals surface area contributed by atoms with Crippen LogP contribution in [-0.2, 0) is 0 Å². The Morgan fingerprint density at radius 2 is 2.12 bits per heavy atom. The second-order valence-electron chi connectivity index (χ2n) is 6.60. The number of rotatable bonds is 4. The van der Waals surface area contributed by atoms with E-state index < -0.39 is 12.7 Å². The summed E-state index contributed by atoms with van der Waals surface area (Å²) in [5.41, 5.74) is 1.01. The summed E-state index contributed by atoms with van der Waals surface area (Å²) >= 11 is 0. The largest absolute Gasteiger partial charge is 0.401 e. The van der Waals surface area contributed by atoms with Gasteiger partial charge in [0.25, 0.3) is 5.91 Å². The predicted molar refractivity (Wildman–Crippen MR) is 90.2 cm³/mol. The van der Waals surface area contributed by atoms with Crippen LogP contribution < -0.4 is 15.5 Å². The van der Waals surface area contributed by atoms with Gasteiger partial charge in [0.05, 0.1) is 6.54 Å². The van der Waals surface area contributed by atoms with Gasteiger partial charge in [0.1, 0.15) is 0 Å². The van der Waals surface area contributed by atoms with Crippen LogP contribution in [0.5, 0.6) is 0 Å². The highest BCUT2D eigenvalue weighted by Gasteiger charge is 2.34. The van der Waals surface area contributed by atoms with Crippen molar-refractivity contribution in [2.24, 2.45) is 0 Å². The number of alkyl halides is 3. The summed E-state index contributed by atoms with van der Waals surface area (Å²) in [6.07, 6.45) is -2.93. The molecule has 3 amide bonds. The van der Waals surface area contributed by atoms with Crippen molar-refractivity contribution in [1.82, 2.24) is 15.5 Å². The first-order valence-corrected chi connectivity index (χ1v) is 8.57. The number of carbonyl (C=O) groups excluding carboxylic acids is 2. The number of benzene rings is 1. The number of hydrogen-bond donors (Lipinski definition) is 2. The van der Waals surface area contributed by atoms with Gasteiger partial charge in [-0.25, -0.2) is 4.79 Å². The molecule has 6 nitrogen and oxygen atoms in total. The molecule has 9 heteroatoms. The predicted octanol–water partition coefficient (Wildman–Crippen LogP) is 1.97. The molecule has 2 N–H and O–H groups in total. The minimum absolute atomic E-state index is 0.180. The molecule has 142 valence electrons. The van der Waals surface area contributed by atoms with E-state index in [9.17, 15) is 22.8 Å². The molecule has 0 bridgehead atoms. The molecule has 0 radical (unpaired) electrons. The Hall–Kier alpha value is -2.29. The third-order valence-corrected chi connectivity index (χ3v) is 4.51. The second kappa shape index (κ2) is 7.53. The molecule has 0 unspecified atom stereocenters. The van der Waals surface area contributed by atoms with Crippen LogP contribution in [0.2, 0.25) is 0 Å². The molecule has 1 aromatic rings. The minimum Gasteiger partial charge on any atom is -0.348 e. The first kappa shape index (κ1) is 18.5. The van der Waals surface area contributed by atoms with Crippen molar-refractivity contribution in [3.8, 4) is 0 Å². The zero-order valence-electron chi connectivity index (χ0n) is 14.2. The van der Waals surface area contributed by atoms with E-state index in [0.29, 0.717) is 37.3 Å². The average molecular weight is 370 g/mol. The van der Waals surface area contributed by atoms with Crippen molar-refractivity contribution in [1.29, 1.82) is 0 Å². The van der Waals surface area contributed by atoms with Crippen LogP contribution in [0.4, 0.5) is 23.7 Å². The molecule has 0 aromatic heterocycles. The number of likely N-dealkylation sites (tertiary alicyclic amines) is 1. The van der Waals surface area contributed by atoms with Crippen LogP contribution in [0.1, 0.15) is 23.2 Å². The number of halogens is 3. The maximum atomic E-state index is 12.4. The van der Waals surface area contributed by atoms with Crippen molar-refractivity contribution >= 4 is 17.6 Å². The summed E-state index contributed by atoms with van der Waals surface area (Å²) < 4.78 is 37.3. The molecular weight excluding hydrogens is 349 g/mol. The molecule has 1 aromatic carbocycles. The van der Waals surface area contributed by atoms with Gasteiger partial charge in [-0.1, -0.05) is 6.07 Å². The Balaban J connectivity index is 1.60. The quantitative estimate of drug-likeness (QED) is 0.852. The molecule has 2 aliphatic heterocycles. The summed E-state index contributed by atoms with van der Waals surface area (Å²) in [6.45, 7) is 0.731.